The van der Waals surface area contributed by atoms with Crippen LogP contribution in [0.2, 0.25) is 5.02 Å². The van der Waals surface area contributed by atoms with Crippen LogP contribution < -0.4 is 5.32 Å². The Kier molecular flexibility index (Phi) is 5.80. The molecule has 0 bridgehead atoms. The van der Waals surface area contributed by atoms with E-state index in [1.807, 2.05) is 24.3 Å². The van der Waals surface area contributed by atoms with E-state index in [1.165, 1.54) is 13.1 Å². The zero-order valence-corrected chi connectivity index (χ0v) is 15.3. The largest absolute Gasteiger partial charge is 0.355 e. The number of carbonyl (C=O) groups is 1. The number of rotatable bonds is 7. The lowest BCUT2D eigenvalue weighted by Crippen LogP contribution is -2.46. The lowest BCUT2D eigenvalue weighted by atomic mass is 9.95. The topological polar surface area (TPSA) is 35.6 Å². The van der Waals surface area contributed by atoms with E-state index in [0.29, 0.717) is 5.02 Å². The van der Waals surface area contributed by atoms with Gasteiger partial charge in [-0.3, -0.25) is 4.79 Å². The summed E-state index contributed by atoms with van der Waals surface area (Å²) in [6.07, 6.45) is 2.82. The molecule has 1 amide bonds. The number of piperazine rings is 1. The molecule has 1 saturated heterocycles. The molecule has 1 aliphatic carbocycles. The number of nitrogens with one attached hydrogen (secondary N) is 1. The summed E-state index contributed by atoms with van der Waals surface area (Å²) in [5.74, 6) is 0.145. The fraction of sp³-hybridized carbons (Fsp3) is 0.632. The first-order valence-corrected chi connectivity index (χ1v) is 9.51. The minimum absolute atomic E-state index is 0.145. The number of halogens is 1. The SMILES string of the molecule is CCN1CCN(CCCNC(=O)C2(c3ccccc3Cl)CC2)CC1. The third-order valence-corrected chi connectivity index (χ3v) is 5.75. The second-order valence-electron chi connectivity index (χ2n) is 6.95. The average molecular weight is 350 g/mol. The highest BCUT2D eigenvalue weighted by Crippen LogP contribution is 2.50. The van der Waals surface area contributed by atoms with Crippen LogP contribution in [-0.2, 0) is 10.2 Å². The minimum atomic E-state index is -0.370. The molecule has 1 aromatic carbocycles. The number of nitrogens with zero attached hydrogens (tertiary/aromatic N) is 2. The van der Waals surface area contributed by atoms with E-state index in [2.05, 4.69) is 22.0 Å². The average Bonchev–Trinajstić information content (AvgIpc) is 3.41. The van der Waals surface area contributed by atoms with E-state index in [-0.39, 0.29) is 11.3 Å². The molecule has 0 unspecified atom stereocenters. The number of carbonyl (C=O) groups excluding carboxylic acids is 1. The smallest absolute Gasteiger partial charge is 0.230 e. The molecule has 0 spiro atoms. The van der Waals surface area contributed by atoms with Crippen LogP contribution in [-0.4, -0.2) is 61.5 Å². The minimum Gasteiger partial charge on any atom is -0.355 e. The summed E-state index contributed by atoms with van der Waals surface area (Å²) in [5.41, 5.74) is 0.616. The lowest BCUT2D eigenvalue weighted by Gasteiger charge is -2.34. The third kappa shape index (κ3) is 3.93. The van der Waals surface area contributed by atoms with Crippen molar-refractivity contribution in [3.63, 3.8) is 0 Å². The molecular weight excluding hydrogens is 322 g/mol. The number of hydrogen-bond acceptors (Lipinski definition) is 3. The molecule has 132 valence electrons. The van der Waals surface area contributed by atoms with E-state index in [9.17, 15) is 4.79 Å². The Balaban J connectivity index is 1.41. The zero-order valence-electron chi connectivity index (χ0n) is 14.6. The lowest BCUT2D eigenvalue weighted by molar-refractivity contribution is -0.123. The molecule has 2 aliphatic rings. The van der Waals surface area contributed by atoms with Crippen molar-refractivity contribution < 1.29 is 4.79 Å². The first-order valence-electron chi connectivity index (χ1n) is 9.14. The van der Waals surface area contributed by atoms with Crippen LogP contribution in [0, 0.1) is 0 Å². The van der Waals surface area contributed by atoms with Gasteiger partial charge in [0.2, 0.25) is 5.91 Å². The Hall–Kier alpha value is -1.10. The number of likely N-dealkylation sites (N-methyl/N-ethyl adjacent to an activating group) is 1. The van der Waals surface area contributed by atoms with Gasteiger partial charge in [0, 0.05) is 37.7 Å². The van der Waals surface area contributed by atoms with Crippen LogP contribution in [0.5, 0.6) is 0 Å². The van der Waals surface area contributed by atoms with E-state index in [4.69, 9.17) is 11.6 Å². The van der Waals surface area contributed by atoms with E-state index >= 15 is 0 Å². The van der Waals surface area contributed by atoms with E-state index in [1.54, 1.807) is 0 Å². The highest BCUT2D eigenvalue weighted by Gasteiger charge is 2.52. The third-order valence-electron chi connectivity index (χ3n) is 5.42. The monoisotopic (exact) mass is 349 g/mol. The van der Waals surface area contributed by atoms with Crippen molar-refractivity contribution in [1.82, 2.24) is 15.1 Å². The highest BCUT2D eigenvalue weighted by molar-refractivity contribution is 6.31. The normalized spacial score (nSPS) is 20.8. The Labute approximate surface area is 150 Å². The second kappa shape index (κ2) is 7.85. The van der Waals surface area contributed by atoms with Crippen LogP contribution in [0.4, 0.5) is 0 Å². The van der Waals surface area contributed by atoms with E-state index < -0.39 is 0 Å². The number of hydrogen-bond donors (Lipinski definition) is 1. The van der Waals surface area contributed by atoms with Gasteiger partial charge in [0.05, 0.1) is 5.41 Å². The zero-order chi connectivity index (χ0) is 17.0. The van der Waals surface area contributed by atoms with Gasteiger partial charge >= 0.3 is 0 Å². The van der Waals surface area contributed by atoms with Crippen LogP contribution in [0.1, 0.15) is 31.7 Å². The highest BCUT2D eigenvalue weighted by atomic mass is 35.5. The summed E-state index contributed by atoms with van der Waals surface area (Å²) in [6, 6.07) is 7.74. The second-order valence-corrected chi connectivity index (χ2v) is 7.35. The summed E-state index contributed by atoms with van der Waals surface area (Å²) in [4.78, 5) is 17.6. The molecule has 5 heteroatoms. The predicted molar refractivity (Wildman–Crippen MR) is 98.5 cm³/mol. The molecule has 4 nitrogen and oxygen atoms in total. The van der Waals surface area contributed by atoms with Gasteiger partial charge in [0.1, 0.15) is 0 Å². The Morgan fingerprint density at radius 3 is 2.46 bits per heavy atom. The summed E-state index contributed by atoms with van der Waals surface area (Å²) in [5, 5.41) is 3.84. The van der Waals surface area contributed by atoms with Gasteiger partial charge < -0.3 is 15.1 Å². The quantitative estimate of drug-likeness (QED) is 0.768. The van der Waals surface area contributed by atoms with Gasteiger partial charge in [0.15, 0.2) is 0 Å². The van der Waals surface area contributed by atoms with Crippen LogP contribution in [0.3, 0.4) is 0 Å². The van der Waals surface area contributed by atoms with Crippen LogP contribution in [0.15, 0.2) is 24.3 Å². The summed E-state index contributed by atoms with van der Waals surface area (Å²) in [6.45, 7) is 9.80. The molecule has 24 heavy (non-hydrogen) atoms. The first kappa shape index (κ1) is 17.7. The molecule has 3 rings (SSSR count). The van der Waals surface area contributed by atoms with Gasteiger partial charge in [-0.15, -0.1) is 0 Å². The molecule has 1 N–H and O–H groups in total. The molecule has 0 aromatic heterocycles. The Bertz CT molecular complexity index is 565. The molecular formula is C19H28ClN3O. The fourth-order valence-electron chi connectivity index (χ4n) is 3.60. The molecule has 1 aromatic rings. The molecule has 1 aliphatic heterocycles. The number of amides is 1. The van der Waals surface area contributed by atoms with Crippen molar-refractivity contribution in [3.05, 3.63) is 34.9 Å². The van der Waals surface area contributed by atoms with Crippen molar-refractivity contribution in [3.8, 4) is 0 Å². The fourth-order valence-corrected chi connectivity index (χ4v) is 3.91. The van der Waals surface area contributed by atoms with Gasteiger partial charge in [-0.25, -0.2) is 0 Å². The van der Waals surface area contributed by atoms with Gasteiger partial charge in [0.25, 0.3) is 0 Å². The molecule has 0 radical (unpaired) electrons. The number of benzene rings is 1. The maximum atomic E-state index is 12.6. The summed E-state index contributed by atoms with van der Waals surface area (Å²) < 4.78 is 0. The molecule has 2 fully saturated rings. The van der Waals surface area contributed by atoms with Crippen LogP contribution >= 0.6 is 11.6 Å². The van der Waals surface area contributed by atoms with Gasteiger partial charge in [-0.05, 0) is 44.0 Å². The van der Waals surface area contributed by atoms with E-state index in [0.717, 1.165) is 57.5 Å². The Morgan fingerprint density at radius 1 is 1.17 bits per heavy atom. The van der Waals surface area contributed by atoms with Crippen molar-refractivity contribution in [1.29, 1.82) is 0 Å². The van der Waals surface area contributed by atoms with Crippen LogP contribution in [0.25, 0.3) is 0 Å². The van der Waals surface area contributed by atoms with Crippen molar-refractivity contribution in [2.75, 3.05) is 45.8 Å². The summed E-state index contributed by atoms with van der Waals surface area (Å²) in [7, 11) is 0. The maximum Gasteiger partial charge on any atom is 0.230 e. The first-order chi connectivity index (χ1) is 11.7. The summed E-state index contributed by atoms with van der Waals surface area (Å²) >= 11 is 6.29. The Morgan fingerprint density at radius 2 is 1.83 bits per heavy atom. The van der Waals surface area contributed by atoms with Crippen molar-refractivity contribution in [2.24, 2.45) is 0 Å². The molecule has 1 heterocycles. The molecule has 1 saturated carbocycles. The van der Waals surface area contributed by atoms with Gasteiger partial charge in [-0.1, -0.05) is 36.7 Å². The predicted octanol–water partition coefficient (Wildman–Crippen LogP) is 2.52. The van der Waals surface area contributed by atoms with Crippen molar-refractivity contribution >= 4 is 17.5 Å². The molecule has 0 atom stereocenters. The van der Waals surface area contributed by atoms with Crippen molar-refractivity contribution in [2.45, 2.75) is 31.6 Å². The standard InChI is InChI=1S/C19H28ClN3O/c1-2-22-12-14-23(15-13-22)11-5-10-21-18(24)19(8-9-19)16-6-3-4-7-17(16)20/h3-4,6-7H,2,5,8-15H2,1H3,(H,21,24). The van der Waals surface area contributed by atoms with Gasteiger partial charge in [-0.2, -0.15) is 0 Å². The maximum absolute atomic E-state index is 12.6.